The number of quaternary nitrogens is 1. The highest BCUT2D eigenvalue weighted by atomic mass is 16.5. The number of hydrogen-bond donors (Lipinski definition) is 0. The zero-order valence-corrected chi connectivity index (χ0v) is 27.5. The first-order valence-electron chi connectivity index (χ1n) is 17.0. The van der Waals surface area contributed by atoms with Gasteiger partial charge in [-0.1, -0.05) is 81.7 Å². The molecular weight excluding hydrogens is 542 g/mol. The van der Waals surface area contributed by atoms with Crippen molar-refractivity contribution >= 4 is 16.9 Å². The number of esters is 1. The quantitative estimate of drug-likeness (QED) is 0.0784. The van der Waals surface area contributed by atoms with Crippen LogP contribution in [0.25, 0.3) is 10.9 Å². The number of aryl methyl sites for hydroxylation is 5. The minimum atomic E-state index is -0.223. The minimum absolute atomic E-state index is 0.223. The predicted molar refractivity (Wildman–Crippen MR) is 181 cm³/mol. The summed E-state index contributed by atoms with van der Waals surface area (Å²) in [5.41, 5.74) is 9.68. The van der Waals surface area contributed by atoms with Crippen LogP contribution in [0.4, 0.5) is 0 Å². The Morgan fingerprint density at radius 2 is 1.61 bits per heavy atom. The Hall–Kier alpha value is -3.44. The van der Waals surface area contributed by atoms with E-state index in [1.807, 2.05) is 25.3 Å². The van der Waals surface area contributed by atoms with Gasteiger partial charge in [-0.05, 0) is 74.6 Å². The molecule has 5 rings (SSSR count). The van der Waals surface area contributed by atoms with E-state index in [1.54, 1.807) is 0 Å². The molecule has 234 valence electrons. The van der Waals surface area contributed by atoms with Crippen molar-refractivity contribution in [3.63, 3.8) is 0 Å². The number of fused-ring (bicyclic) bond motifs is 3. The van der Waals surface area contributed by atoms with Crippen molar-refractivity contribution in [2.24, 2.45) is 0 Å². The van der Waals surface area contributed by atoms with Gasteiger partial charge in [0.1, 0.15) is 6.54 Å². The molecule has 1 aliphatic rings. The largest absolute Gasteiger partial charge is 0.411 e. The molecular formula is C39H52N3O2+. The fraction of sp³-hybridized carbons (Fsp3) is 0.487. The van der Waals surface area contributed by atoms with Gasteiger partial charge < -0.3 is 9.30 Å². The minimum Gasteiger partial charge on any atom is -0.411 e. The van der Waals surface area contributed by atoms with Crippen LogP contribution in [-0.2, 0) is 37.1 Å². The molecule has 0 fully saturated rings. The first kappa shape index (κ1) is 32.0. The predicted octanol–water partition coefficient (Wildman–Crippen LogP) is 8.90. The SMILES string of the molecule is CCCCCCCCCCc1ccc(C(=O)OC[N+]2(C)CCc3c(c4cc(C)ccc4n3CCc3ccc(C)nc3)C2)cc1. The lowest BCUT2D eigenvalue weighted by molar-refractivity contribution is -0.939. The Labute approximate surface area is 264 Å². The van der Waals surface area contributed by atoms with Crippen molar-refractivity contribution in [2.75, 3.05) is 20.3 Å². The first-order chi connectivity index (χ1) is 21.3. The number of carbonyl (C=O) groups is 1. The fourth-order valence-electron chi connectivity index (χ4n) is 6.71. The molecule has 1 unspecified atom stereocenters. The molecule has 44 heavy (non-hydrogen) atoms. The molecule has 0 bridgehead atoms. The number of likely N-dealkylation sites (N-methyl/N-ethyl adjacent to an activating group) is 1. The standard InChI is InChI=1S/C39H52N3O2/c1-5-6-7-8-9-10-11-12-13-32-17-19-34(20-18-32)39(43)44-29-42(4)25-23-38-36(28-42)35-26-30(2)14-21-37(35)41(38)24-22-33-16-15-31(3)40-27-33/h14-21,26-27H,5-13,22-25,28-29H2,1-4H3/q+1. The molecule has 0 saturated heterocycles. The summed E-state index contributed by atoms with van der Waals surface area (Å²) >= 11 is 0. The molecule has 2 aromatic carbocycles. The molecule has 0 N–H and O–H groups in total. The van der Waals surface area contributed by atoms with Crippen LogP contribution in [0.15, 0.2) is 60.8 Å². The topological polar surface area (TPSA) is 44.1 Å². The van der Waals surface area contributed by atoms with E-state index in [4.69, 9.17) is 4.74 Å². The van der Waals surface area contributed by atoms with E-state index in [0.717, 1.165) is 44.6 Å². The van der Waals surface area contributed by atoms with Crippen LogP contribution < -0.4 is 0 Å². The second-order valence-corrected chi connectivity index (χ2v) is 13.4. The number of benzene rings is 2. The third kappa shape index (κ3) is 8.18. The van der Waals surface area contributed by atoms with Crippen LogP contribution in [0.1, 0.15) is 102 Å². The molecule has 5 nitrogen and oxygen atoms in total. The number of pyridine rings is 1. The van der Waals surface area contributed by atoms with Crippen LogP contribution >= 0.6 is 0 Å². The molecule has 0 amide bonds. The summed E-state index contributed by atoms with van der Waals surface area (Å²) in [5.74, 6) is -0.223. The average Bonchev–Trinajstić information content (AvgIpc) is 3.32. The van der Waals surface area contributed by atoms with Crippen molar-refractivity contribution < 1.29 is 14.0 Å². The van der Waals surface area contributed by atoms with Gasteiger partial charge in [-0.3, -0.25) is 9.47 Å². The van der Waals surface area contributed by atoms with Gasteiger partial charge in [0.15, 0.2) is 0 Å². The summed E-state index contributed by atoms with van der Waals surface area (Å²) in [6.07, 6.45) is 15.6. The molecule has 5 heteroatoms. The Morgan fingerprint density at radius 1 is 0.886 bits per heavy atom. The van der Waals surface area contributed by atoms with Crippen LogP contribution in [0.3, 0.4) is 0 Å². The van der Waals surface area contributed by atoms with Gasteiger partial charge in [-0.15, -0.1) is 0 Å². The van der Waals surface area contributed by atoms with Gasteiger partial charge in [0, 0.05) is 47.0 Å². The number of carbonyl (C=O) groups excluding carboxylic acids is 1. The summed E-state index contributed by atoms with van der Waals surface area (Å²) in [5, 5.41) is 1.34. The maximum Gasteiger partial charge on any atom is 0.342 e. The highest BCUT2D eigenvalue weighted by Gasteiger charge is 2.34. The normalized spacial score (nSPS) is 16.3. The van der Waals surface area contributed by atoms with E-state index in [2.05, 4.69) is 72.9 Å². The summed E-state index contributed by atoms with van der Waals surface area (Å²) in [4.78, 5) is 17.5. The number of aromatic nitrogens is 2. The Morgan fingerprint density at radius 3 is 2.34 bits per heavy atom. The monoisotopic (exact) mass is 594 g/mol. The van der Waals surface area contributed by atoms with E-state index in [-0.39, 0.29) is 5.97 Å². The van der Waals surface area contributed by atoms with Crippen molar-refractivity contribution in [1.29, 1.82) is 0 Å². The lowest BCUT2D eigenvalue weighted by Crippen LogP contribution is -2.49. The summed E-state index contributed by atoms with van der Waals surface area (Å²) in [6.45, 7) is 9.59. The highest BCUT2D eigenvalue weighted by Crippen LogP contribution is 2.34. The molecule has 0 spiro atoms. The lowest BCUT2D eigenvalue weighted by atomic mass is 10.0. The van der Waals surface area contributed by atoms with Crippen molar-refractivity contribution in [2.45, 2.75) is 104 Å². The maximum atomic E-state index is 13.1. The van der Waals surface area contributed by atoms with Crippen LogP contribution in [0.2, 0.25) is 0 Å². The van der Waals surface area contributed by atoms with E-state index in [9.17, 15) is 4.79 Å². The van der Waals surface area contributed by atoms with Crippen molar-refractivity contribution in [3.05, 3.63) is 100.0 Å². The highest BCUT2D eigenvalue weighted by molar-refractivity contribution is 5.89. The van der Waals surface area contributed by atoms with Crippen LogP contribution in [0, 0.1) is 13.8 Å². The number of hydrogen-bond acceptors (Lipinski definition) is 3. The zero-order valence-electron chi connectivity index (χ0n) is 27.5. The Balaban J connectivity index is 1.17. The maximum absolute atomic E-state index is 13.1. The smallest absolute Gasteiger partial charge is 0.342 e. The Kier molecular flexibility index (Phi) is 10.9. The number of ether oxygens (including phenoxy) is 1. The third-order valence-electron chi connectivity index (χ3n) is 9.48. The molecule has 4 aromatic rings. The number of rotatable bonds is 15. The summed E-state index contributed by atoms with van der Waals surface area (Å²) in [7, 11) is 2.22. The van der Waals surface area contributed by atoms with Gasteiger partial charge in [0.05, 0.1) is 19.2 Å². The second-order valence-electron chi connectivity index (χ2n) is 13.4. The summed E-state index contributed by atoms with van der Waals surface area (Å²) < 4.78 is 9.18. The van der Waals surface area contributed by atoms with E-state index >= 15 is 0 Å². The van der Waals surface area contributed by atoms with E-state index < -0.39 is 0 Å². The number of nitrogens with zero attached hydrogens (tertiary/aromatic N) is 3. The van der Waals surface area contributed by atoms with Gasteiger partial charge in [0.2, 0.25) is 6.73 Å². The second kappa shape index (κ2) is 15.0. The van der Waals surface area contributed by atoms with Crippen LogP contribution in [-0.4, -0.2) is 40.3 Å². The Bertz CT molecular complexity index is 1520. The zero-order chi connectivity index (χ0) is 30.9. The lowest BCUT2D eigenvalue weighted by Gasteiger charge is -2.37. The molecule has 2 aromatic heterocycles. The first-order valence-corrected chi connectivity index (χ1v) is 17.0. The third-order valence-corrected chi connectivity index (χ3v) is 9.48. The average molecular weight is 595 g/mol. The van der Waals surface area contributed by atoms with E-state index in [1.165, 1.54) is 90.2 Å². The van der Waals surface area contributed by atoms with Gasteiger partial charge in [0.25, 0.3) is 0 Å². The van der Waals surface area contributed by atoms with Crippen molar-refractivity contribution in [1.82, 2.24) is 9.55 Å². The molecule has 0 saturated carbocycles. The molecule has 0 radical (unpaired) electrons. The van der Waals surface area contributed by atoms with E-state index in [0.29, 0.717) is 16.8 Å². The number of unbranched alkanes of at least 4 members (excludes halogenated alkanes) is 7. The summed E-state index contributed by atoms with van der Waals surface area (Å²) in [6, 6.07) is 19.2. The molecule has 1 aliphatic heterocycles. The van der Waals surface area contributed by atoms with Gasteiger partial charge >= 0.3 is 5.97 Å². The van der Waals surface area contributed by atoms with Crippen LogP contribution in [0.5, 0.6) is 0 Å². The molecule has 3 heterocycles. The molecule has 0 aliphatic carbocycles. The van der Waals surface area contributed by atoms with Gasteiger partial charge in [-0.2, -0.15) is 0 Å². The fourth-order valence-corrected chi connectivity index (χ4v) is 6.71. The van der Waals surface area contributed by atoms with Gasteiger partial charge in [-0.25, -0.2) is 4.79 Å². The van der Waals surface area contributed by atoms with Crippen molar-refractivity contribution in [3.8, 4) is 0 Å². The molecule has 1 atom stereocenters.